The Kier molecular flexibility index (Phi) is 6.87. The summed E-state index contributed by atoms with van der Waals surface area (Å²) >= 11 is 1.74. The smallest absolute Gasteiger partial charge is 0.123 e. The van der Waals surface area contributed by atoms with Crippen LogP contribution in [0.4, 0.5) is 4.39 Å². The number of para-hydroxylation sites is 1. The first-order valence-electron chi connectivity index (χ1n) is 11.7. The standard InChI is InChI=1S/C30H26FN3OS/c1-20-8-9-21(2)26(18-20)27(19-36-25-16-14-24(35-3)15-17-25)30(22-10-12-23(31)13-11-22)34-29-7-5-4-6-28(29)32-33-34/h4-18H,19H2,1-3H3/b30-27-. The highest BCUT2D eigenvalue weighted by atomic mass is 32.2. The Morgan fingerprint density at radius 1 is 0.917 bits per heavy atom. The predicted molar refractivity (Wildman–Crippen MR) is 146 cm³/mol. The Hall–Kier alpha value is -3.90. The fourth-order valence-electron chi connectivity index (χ4n) is 4.23. The minimum absolute atomic E-state index is 0.276. The number of thioether (sulfide) groups is 1. The van der Waals surface area contributed by atoms with Crippen LogP contribution >= 0.6 is 11.8 Å². The van der Waals surface area contributed by atoms with Crippen LogP contribution in [0, 0.1) is 19.7 Å². The van der Waals surface area contributed by atoms with Crippen LogP contribution in [-0.4, -0.2) is 27.9 Å². The summed E-state index contributed by atoms with van der Waals surface area (Å²) in [5.74, 6) is 1.23. The molecule has 0 unspecified atom stereocenters. The van der Waals surface area contributed by atoms with Crippen molar-refractivity contribution in [2.45, 2.75) is 18.7 Å². The van der Waals surface area contributed by atoms with Crippen LogP contribution in [0.25, 0.3) is 22.3 Å². The molecule has 0 aliphatic rings. The van der Waals surface area contributed by atoms with Crippen molar-refractivity contribution in [1.82, 2.24) is 15.0 Å². The number of rotatable bonds is 7. The van der Waals surface area contributed by atoms with Crippen LogP contribution < -0.4 is 4.74 Å². The first-order chi connectivity index (χ1) is 17.5. The Morgan fingerprint density at radius 3 is 2.42 bits per heavy atom. The lowest BCUT2D eigenvalue weighted by Gasteiger charge is -2.19. The molecule has 0 spiro atoms. The summed E-state index contributed by atoms with van der Waals surface area (Å²) in [6, 6.07) is 29.0. The SMILES string of the molecule is COc1ccc(SC/C(=C(\c2ccc(F)cc2)n2nnc3ccccc32)c2cc(C)ccc2C)cc1. The van der Waals surface area contributed by atoms with Gasteiger partial charge in [-0.25, -0.2) is 9.07 Å². The van der Waals surface area contributed by atoms with Crippen LogP contribution in [0.5, 0.6) is 5.75 Å². The van der Waals surface area contributed by atoms with Gasteiger partial charge in [0.2, 0.25) is 0 Å². The molecule has 0 amide bonds. The van der Waals surface area contributed by atoms with Crippen molar-refractivity contribution < 1.29 is 9.13 Å². The molecule has 36 heavy (non-hydrogen) atoms. The second kappa shape index (κ2) is 10.4. The number of halogens is 1. The quantitative estimate of drug-likeness (QED) is 0.174. The molecule has 180 valence electrons. The van der Waals surface area contributed by atoms with Crippen molar-refractivity contribution in [3.63, 3.8) is 0 Å². The number of benzene rings is 4. The van der Waals surface area contributed by atoms with Gasteiger partial charge < -0.3 is 4.74 Å². The zero-order valence-corrected chi connectivity index (χ0v) is 21.2. The van der Waals surface area contributed by atoms with E-state index in [9.17, 15) is 4.39 Å². The maximum absolute atomic E-state index is 14.0. The molecule has 0 saturated heterocycles. The summed E-state index contributed by atoms with van der Waals surface area (Å²) < 4.78 is 21.2. The fraction of sp³-hybridized carbons (Fsp3) is 0.133. The Balaban J connectivity index is 1.75. The number of ether oxygens (including phenoxy) is 1. The van der Waals surface area contributed by atoms with E-state index in [0.29, 0.717) is 5.75 Å². The molecule has 4 nitrogen and oxygen atoms in total. The summed E-state index contributed by atoms with van der Waals surface area (Å²) in [6.07, 6.45) is 0. The molecule has 0 aliphatic heterocycles. The van der Waals surface area contributed by atoms with Crippen molar-refractivity contribution >= 4 is 34.1 Å². The summed E-state index contributed by atoms with van der Waals surface area (Å²) in [7, 11) is 1.67. The monoisotopic (exact) mass is 495 g/mol. The van der Waals surface area contributed by atoms with Gasteiger partial charge in [-0.15, -0.1) is 16.9 Å². The van der Waals surface area contributed by atoms with Crippen molar-refractivity contribution in [2.24, 2.45) is 0 Å². The Bertz CT molecular complexity index is 1540. The number of aromatic nitrogens is 3. The number of hydrogen-bond donors (Lipinski definition) is 0. The lowest BCUT2D eigenvalue weighted by molar-refractivity contribution is 0.414. The highest BCUT2D eigenvalue weighted by Crippen LogP contribution is 2.36. The van der Waals surface area contributed by atoms with Gasteiger partial charge in [0.05, 0.1) is 18.3 Å². The fourth-order valence-corrected chi connectivity index (χ4v) is 5.16. The highest BCUT2D eigenvalue weighted by molar-refractivity contribution is 7.99. The van der Waals surface area contributed by atoms with Crippen LogP contribution in [0.3, 0.4) is 0 Å². The van der Waals surface area contributed by atoms with Crippen molar-refractivity contribution in [3.8, 4) is 5.75 Å². The average molecular weight is 496 g/mol. The molecule has 0 bridgehead atoms. The molecule has 0 aliphatic carbocycles. The van der Waals surface area contributed by atoms with E-state index in [4.69, 9.17) is 4.74 Å². The zero-order chi connectivity index (χ0) is 25.1. The number of aryl methyl sites for hydroxylation is 2. The summed E-state index contributed by atoms with van der Waals surface area (Å²) in [6.45, 7) is 4.22. The van der Waals surface area contributed by atoms with Gasteiger partial charge in [-0.3, -0.25) is 0 Å². The third kappa shape index (κ3) is 4.90. The van der Waals surface area contributed by atoms with Gasteiger partial charge in [0.1, 0.15) is 17.1 Å². The molecule has 0 atom stereocenters. The molecule has 1 heterocycles. The maximum atomic E-state index is 14.0. The van der Waals surface area contributed by atoms with Crippen molar-refractivity contribution in [3.05, 3.63) is 119 Å². The molecule has 0 fully saturated rings. The van der Waals surface area contributed by atoms with E-state index >= 15 is 0 Å². The van der Waals surface area contributed by atoms with E-state index in [1.165, 1.54) is 17.7 Å². The largest absolute Gasteiger partial charge is 0.497 e. The molecular formula is C30H26FN3OS. The molecule has 5 rings (SSSR count). The van der Waals surface area contributed by atoms with Gasteiger partial charge in [-0.1, -0.05) is 41.1 Å². The Labute approximate surface area is 214 Å². The van der Waals surface area contributed by atoms with E-state index in [1.54, 1.807) is 18.9 Å². The molecule has 5 aromatic rings. The summed E-state index contributed by atoms with van der Waals surface area (Å²) in [4.78, 5) is 1.13. The molecule has 0 N–H and O–H groups in total. The number of nitrogens with zero attached hydrogens (tertiary/aromatic N) is 3. The molecule has 0 saturated carbocycles. The van der Waals surface area contributed by atoms with Gasteiger partial charge >= 0.3 is 0 Å². The molecule has 0 radical (unpaired) electrons. The van der Waals surface area contributed by atoms with E-state index in [0.717, 1.165) is 49.6 Å². The van der Waals surface area contributed by atoms with Crippen LogP contribution in [0.15, 0.2) is 95.9 Å². The second-order valence-electron chi connectivity index (χ2n) is 8.61. The predicted octanol–water partition coefficient (Wildman–Crippen LogP) is 7.40. The van der Waals surface area contributed by atoms with Gasteiger partial charge in [0, 0.05) is 16.2 Å². The summed E-state index contributed by atoms with van der Waals surface area (Å²) in [5, 5.41) is 8.98. The van der Waals surface area contributed by atoms with E-state index in [1.807, 2.05) is 53.2 Å². The van der Waals surface area contributed by atoms with E-state index in [-0.39, 0.29) is 5.82 Å². The number of fused-ring (bicyclic) bond motifs is 1. The van der Waals surface area contributed by atoms with E-state index < -0.39 is 0 Å². The summed E-state index contributed by atoms with van der Waals surface area (Å²) in [5.41, 5.74) is 8.03. The van der Waals surface area contributed by atoms with Crippen molar-refractivity contribution in [1.29, 1.82) is 0 Å². The minimum Gasteiger partial charge on any atom is -0.497 e. The van der Waals surface area contributed by atoms with E-state index in [2.05, 4.69) is 54.5 Å². The minimum atomic E-state index is -0.276. The molecule has 4 aromatic carbocycles. The normalized spacial score (nSPS) is 12.0. The van der Waals surface area contributed by atoms with Crippen LogP contribution in [0.2, 0.25) is 0 Å². The number of methoxy groups -OCH3 is 1. The Morgan fingerprint density at radius 2 is 1.67 bits per heavy atom. The van der Waals surface area contributed by atoms with Gasteiger partial charge in [0.25, 0.3) is 0 Å². The van der Waals surface area contributed by atoms with Gasteiger partial charge in [-0.2, -0.15) is 0 Å². The molecule has 6 heteroatoms. The van der Waals surface area contributed by atoms with Gasteiger partial charge in [-0.05, 0) is 91.2 Å². The zero-order valence-electron chi connectivity index (χ0n) is 20.4. The first kappa shape index (κ1) is 23.8. The third-order valence-corrected chi connectivity index (χ3v) is 7.17. The van der Waals surface area contributed by atoms with Crippen LogP contribution in [0.1, 0.15) is 22.3 Å². The number of hydrogen-bond acceptors (Lipinski definition) is 4. The first-order valence-corrected chi connectivity index (χ1v) is 12.7. The lowest BCUT2D eigenvalue weighted by atomic mass is 9.95. The second-order valence-corrected chi connectivity index (χ2v) is 9.66. The topological polar surface area (TPSA) is 39.9 Å². The molecular weight excluding hydrogens is 469 g/mol. The third-order valence-electron chi connectivity index (χ3n) is 6.13. The van der Waals surface area contributed by atoms with Gasteiger partial charge in [0.15, 0.2) is 0 Å². The average Bonchev–Trinajstić information content (AvgIpc) is 3.33. The maximum Gasteiger partial charge on any atom is 0.123 e. The lowest BCUT2D eigenvalue weighted by Crippen LogP contribution is -2.08. The van der Waals surface area contributed by atoms with Crippen LogP contribution in [-0.2, 0) is 0 Å². The molecule has 1 aromatic heterocycles. The van der Waals surface area contributed by atoms with Crippen molar-refractivity contribution in [2.75, 3.05) is 12.9 Å². The highest BCUT2D eigenvalue weighted by Gasteiger charge is 2.20.